The molecule has 0 spiro atoms. The van der Waals surface area contributed by atoms with E-state index < -0.39 is 45.5 Å². The first-order valence-electron chi connectivity index (χ1n) is 11.1. The van der Waals surface area contributed by atoms with E-state index in [1.165, 1.54) is 14.2 Å². The van der Waals surface area contributed by atoms with Crippen LogP contribution >= 0.6 is 0 Å². The second-order valence-electron chi connectivity index (χ2n) is 11.6. The molecule has 190 valence electrons. The van der Waals surface area contributed by atoms with Crippen LogP contribution in [-0.2, 0) is 27.4 Å². The van der Waals surface area contributed by atoms with Crippen LogP contribution in [-0.4, -0.2) is 84.3 Å². The molecule has 8 nitrogen and oxygen atoms in total. The van der Waals surface area contributed by atoms with Crippen molar-refractivity contribution < 1.29 is 27.4 Å². The lowest BCUT2D eigenvalue weighted by molar-refractivity contribution is 0.0386. The first kappa shape index (κ1) is 31.6. The molecule has 0 aromatic rings. The van der Waals surface area contributed by atoms with Gasteiger partial charge in [0.15, 0.2) is 33.3 Å². The molecular weight excluding hydrogens is 477 g/mol. The van der Waals surface area contributed by atoms with E-state index in [1.54, 1.807) is 6.21 Å². The summed E-state index contributed by atoms with van der Waals surface area (Å²) in [5, 5.41) is 8.39. The van der Waals surface area contributed by atoms with Crippen LogP contribution in [0, 0.1) is 0 Å². The van der Waals surface area contributed by atoms with Crippen molar-refractivity contribution in [3.63, 3.8) is 0 Å². The summed E-state index contributed by atoms with van der Waals surface area (Å²) in [6, 6.07) is 0. The molecule has 0 aromatic heterocycles. The quantitative estimate of drug-likeness (QED) is 0.168. The highest BCUT2D eigenvalue weighted by Gasteiger charge is 2.40. The third kappa shape index (κ3) is 15.5. The number of rotatable bonds is 15. The second kappa shape index (κ2) is 12.9. The van der Waals surface area contributed by atoms with Gasteiger partial charge >= 0.3 is 0 Å². The molecule has 0 rings (SSSR count). The molecule has 0 aliphatic carbocycles. The van der Waals surface area contributed by atoms with E-state index >= 15 is 0 Å². The topological polar surface area (TPSA) is 80.1 Å². The Kier molecular flexibility index (Phi) is 12.8. The predicted octanol–water partition coefficient (Wildman–Crippen LogP) is 5.13. The van der Waals surface area contributed by atoms with Crippen molar-refractivity contribution in [2.24, 2.45) is 10.3 Å². The minimum absolute atomic E-state index is 0.349. The number of hydrogen-bond donors (Lipinski definition) is 0. The first-order chi connectivity index (χ1) is 14.3. The van der Waals surface area contributed by atoms with Gasteiger partial charge in [0.05, 0.1) is 18.9 Å². The standard InChI is InChI=1S/C20H48N2O6Si4/c1-23-21-15-17(26-30(6,7)8)19(22-24-2)20(28-32(12,13)14)18(27-31(9,10)11)16-25-29(3,4)5/h15,17-18,20H,16H2,1-14H3/b21-15+,22-19+. The van der Waals surface area contributed by atoms with E-state index in [9.17, 15) is 0 Å². The van der Waals surface area contributed by atoms with Crippen LogP contribution in [0.25, 0.3) is 0 Å². The van der Waals surface area contributed by atoms with E-state index in [4.69, 9.17) is 27.4 Å². The van der Waals surface area contributed by atoms with Crippen molar-refractivity contribution in [1.82, 2.24) is 0 Å². The normalized spacial score (nSPS) is 17.4. The van der Waals surface area contributed by atoms with Crippen LogP contribution < -0.4 is 0 Å². The average Bonchev–Trinajstić information content (AvgIpc) is 2.55. The Morgan fingerprint density at radius 3 is 1.56 bits per heavy atom. The van der Waals surface area contributed by atoms with Crippen LogP contribution in [0.4, 0.5) is 0 Å². The van der Waals surface area contributed by atoms with E-state index in [-0.39, 0.29) is 6.10 Å². The molecule has 0 saturated carbocycles. The van der Waals surface area contributed by atoms with Gasteiger partial charge < -0.3 is 27.4 Å². The minimum atomic E-state index is -2.03. The molecule has 0 bridgehead atoms. The van der Waals surface area contributed by atoms with Crippen LogP contribution in [0.5, 0.6) is 0 Å². The molecule has 0 amide bonds. The van der Waals surface area contributed by atoms with Crippen molar-refractivity contribution in [2.45, 2.75) is 96.9 Å². The Balaban J connectivity index is 6.54. The smallest absolute Gasteiger partial charge is 0.185 e. The van der Waals surface area contributed by atoms with Crippen LogP contribution in [0.1, 0.15) is 0 Å². The van der Waals surface area contributed by atoms with Gasteiger partial charge in [0.2, 0.25) is 0 Å². The molecule has 0 aromatic carbocycles. The Morgan fingerprint density at radius 2 is 1.19 bits per heavy atom. The van der Waals surface area contributed by atoms with Gasteiger partial charge in [-0.2, -0.15) is 0 Å². The summed E-state index contributed by atoms with van der Waals surface area (Å²) in [5.41, 5.74) is 0.584. The van der Waals surface area contributed by atoms with E-state index in [2.05, 4.69) is 88.9 Å². The fourth-order valence-electron chi connectivity index (χ4n) is 2.71. The maximum atomic E-state index is 6.69. The van der Waals surface area contributed by atoms with Crippen molar-refractivity contribution in [3.8, 4) is 0 Å². The Labute approximate surface area is 200 Å². The molecule has 12 heteroatoms. The third-order valence-electron chi connectivity index (χ3n) is 3.57. The zero-order valence-corrected chi connectivity index (χ0v) is 26.9. The van der Waals surface area contributed by atoms with Crippen LogP contribution in [0.2, 0.25) is 78.6 Å². The van der Waals surface area contributed by atoms with Gasteiger partial charge in [-0.25, -0.2) is 0 Å². The van der Waals surface area contributed by atoms with Crippen molar-refractivity contribution in [3.05, 3.63) is 0 Å². The van der Waals surface area contributed by atoms with Gasteiger partial charge in [-0.15, -0.1) is 0 Å². The fraction of sp³-hybridized carbons (Fsp3) is 0.900. The highest BCUT2D eigenvalue weighted by molar-refractivity contribution is 6.71. The van der Waals surface area contributed by atoms with Gasteiger partial charge in [-0.1, -0.05) is 10.3 Å². The summed E-state index contributed by atoms with van der Waals surface area (Å²) in [6.45, 7) is 26.2. The van der Waals surface area contributed by atoms with Gasteiger partial charge in [0.1, 0.15) is 32.1 Å². The lowest BCUT2D eigenvalue weighted by atomic mass is 10.1. The van der Waals surface area contributed by atoms with E-state index in [1.807, 2.05) is 0 Å². The zero-order chi connectivity index (χ0) is 25.4. The van der Waals surface area contributed by atoms with E-state index in [0.717, 1.165) is 0 Å². The lowest BCUT2D eigenvalue weighted by Crippen LogP contribution is -2.55. The predicted molar refractivity (Wildman–Crippen MR) is 144 cm³/mol. The molecular formula is C20H48N2O6Si4. The fourth-order valence-corrected chi connectivity index (χ4v) is 6.45. The summed E-state index contributed by atoms with van der Waals surface area (Å²) in [6.07, 6.45) is 0.191. The SMILES string of the molecule is CO/N=C/C(O[Si](C)(C)C)/C(=N\OC)C(O[Si](C)(C)C)C(CO[Si](C)(C)C)O[Si](C)(C)C. The van der Waals surface area contributed by atoms with E-state index in [0.29, 0.717) is 12.3 Å². The zero-order valence-electron chi connectivity index (χ0n) is 22.9. The highest BCUT2D eigenvalue weighted by atomic mass is 28.4. The Morgan fingerprint density at radius 1 is 0.688 bits per heavy atom. The van der Waals surface area contributed by atoms with Crippen LogP contribution in [0.15, 0.2) is 10.3 Å². The highest BCUT2D eigenvalue weighted by Crippen LogP contribution is 2.23. The van der Waals surface area contributed by atoms with Gasteiger partial charge in [0.25, 0.3) is 0 Å². The van der Waals surface area contributed by atoms with Gasteiger partial charge in [-0.05, 0) is 78.6 Å². The summed E-state index contributed by atoms with van der Waals surface area (Å²) in [4.78, 5) is 10.2. The molecule has 3 atom stereocenters. The Hall–Kier alpha value is -0.352. The molecule has 3 unspecified atom stereocenters. The molecule has 0 saturated heterocycles. The summed E-state index contributed by atoms with van der Waals surface area (Å²) in [5.74, 6) is 0. The molecule has 0 heterocycles. The average molecular weight is 525 g/mol. The first-order valence-corrected chi connectivity index (χ1v) is 24.8. The Bertz CT molecular complexity index is 607. The summed E-state index contributed by atoms with van der Waals surface area (Å²) >= 11 is 0. The number of oxime groups is 2. The molecule has 0 aliphatic heterocycles. The largest absolute Gasteiger partial charge is 0.415 e. The van der Waals surface area contributed by atoms with Gasteiger partial charge in [-0.3, -0.25) is 0 Å². The number of hydrogen-bond acceptors (Lipinski definition) is 8. The maximum absolute atomic E-state index is 6.69. The van der Waals surface area contributed by atoms with Crippen molar-refractivity contribution in [2.75, 3.05) is 20.8 Å². The van der Waals surface area contributed by atoms with Crippen molar-refractivity contribution >= 4 is 45.2 Å². The molecule has 32 heavy (non-hydrogen) atoms. The summed E-state index contributed by atoms with van der Waals surface area (Å²) in [7, 11) is -4.71. The molecule has 0 N–H and O–H groups in total. The number of nitrogens with zero attached hydrogens (tertiary/aromatic N) is 2. The monoisotopic (exact) mass is 524 g/mol. The summed E-state index contributed by atoms with van der Waals surface area (Å²) < 4.78 is 26.1. The van der Waals surface area contributed by atoms with Crippen molar-refractivity contribution in [1.29, 1.82) is 0 Å². The second-order valence-corrected chi connectivity index (χ2v) is 29.5. The lowest BCUT2D eigenvalue weighted by Gasteiger charge is -2.39. The van der Waals surface area contributed by atoms with Crippen LogP contribution in [0.3, 0.4) is 0 Å². The third-order valence-corrected chi connectivity index (χ3v) is 7.53. The van der Waals surface area contributed by atoms with Gasteiger partial charge in [0, 0.05) is 0 Å². The molecule has 0 aliphatic rings. The molecule has 0 radical (unpaired) electrons. The minimum Gasteiger partial charge on any atom is -0.415 e. The maximum Gasteiger partial charge on any atom is 0.185 e. The molecule has 0 fully saturated rings.